The number of halogens is 1. The van der Waals surface area contributed by atoms with E-state index >= 15 is 0 Å². The van der Waals surface area contributed by atoms with Crippen LogP contribution in [0.25, 0.3) is 0 Å². The molecule has 0 spiro atoms. The van der Waals surface area contributed by atoms with Gasteiger partial charge in [-0.25, -0.2) is 0 Å². The van der Waals surface area contributed by atoms with E-state index in [-0.39, 0.29) is 0 Å². The van der Waals surface area contributed by atoms with Crippen molar-refractivity contribution in [2.24, 2.45) is 5.92 Å². The minimum absolute atomic E-state index is 0.573. The number of benzene rings is 1. The van der Waals surface area contributed by atoms with Crippen molar-refractivity contribution in [2.45, 2.75) is 26.7 Å². The molecule has 0 saturated carbocycles. The summed E-state index contributed by atoms with van der Waals surface area (Å²) in [5.74, 6) is 1.21. The number of nitrogens with zero attached hydrogens (tertiary/aromatic N) is 1. The largest absolute Gasteiger partial charge is 0.383 e. The number of hydrogen-bond acceptors (Lipinski definition) is 2. The minimum atomic E-state index is 0.573. The van der Waals surface area contributed by atoms with Gasteiger partial charge in [0.25, 0.3) is 0 Å². The van der Waals surface area contributed by atoms with Crippen molar-refractivity contribution in [1.82, 2.24) is 0 Å². The monoisotopic (exact) mass is 269 g/mol. The second-order valence-electron chi connectivity index (χ2n) is 5.09. The zero-order valence-corrected chi connectivity index (χ0v) is 12.6. The molecule has 0 heterocycles. The molecule has 0 saturated heterocycles. The number of aryl methyl sites for hydroxylation is 1. The Morgan fingerprint density at radius 2 is 2.06 bits per heavy atom. The predicted molar refractivity (Wildman–Crippen MR) is 79.7 cm³/mol. The van der Waals surface area contributed by atoms with Crippen LogP contribution in [-0.2, 0) is 10.6 Å². The Bertz CT molecular complexity index is 366. The molecule has 0 aliphatic heterocycles. The zero-order valence-electron chi connectivity index (χ0n) is 11.9. The topological polar surface area (TPSA) is 12.5 Å². The third-order valence-electron chi connectivity index (χ3n) is 2.91. The van der Waals surface area contributed by atoms with Crippen LogP contribution in [0.2, 0.25) is 0 Å². The van der Waals surface area contributed by atoms with Gasteiger partial charge >= 0.3 is 0 Å². The summed E-state index contributed by atoms with van der Waals surface area (Å²) in [7, 11) is 1.75. The maximum atomic E-state index is 5.87. The molecule has 0 aliphatic carbocycles. The fourth-order valence-electron chi connectivity index (χ4n) is 2.11. The standard InChI is InChI=1S/C15H24ClNO/c1-12(2)11-17(7-8-18-4)15-6-5-14(10-16)9-13(15)3/h5-6,9,12H,7-8,10-11H2,1-4H3. The van der Waals surface area contributed by atoms with Gasteiger partial charge < -0.3 is 9.64 Å². The summed E-state index contributed by atoms with van der Waals surface area (Å²) in [4.78, 5) is 2.39. The highest BCUT2D eigenvalue weighted by molar-refractivity contribution is 6.17. The highest BCUT2D eigenvalue weighted by Crippen LogP contribution is 2.23. The van der Waals surface area contributed by atoms with E-state index < -0.39 is 0 Å². The van der Waals surface area contributed by atoms with Crippen LogP contribution in [0.1, 0.15) is 25.0 Å². The number of methoxy groups -OCH3 is 1. The van der Waals surface area contributed by atoms with Gasteiger partial charge in [-0.1, -0.05) is 26.0 Å². The minimum Gasteiger partial charge on any atom is -0.383 e. The molecule has 1 aromatic rings. The van der Waals surface area contributed by atoms with Crippen LogP contribution in [-0.4, -0.2) is 26.8 Å². The number of hydrogen-bond donors (Lipinski definition) is 0. The van der Waals surface area contributed by atoms with E-state index in [4.69, 9.17) is 16.3 Å². The van der Waals surface area contributed by atoms with Crippen LogP contribution in [0.3, 0.4) is 0 Å². The van der Waals surface area contributed by atoms with Crippen LogP contribution in [0.15, 0.2) is 18.2 Å². The van der Waals surface area contributed by atoms with E-state index in [0.717, 1.165) is 19.7 Å². The number of alkyl halides is 1. The molecule has 0 atom stereocenters. The molecule has 1 aromatic carbocycles. The van der Waals surface area contributed by atoms with Gasteiger partial charge in [0.15, 0.2) is 0 Å². The summed E-state index contributed by atoms with van der Waals surface area (Å²) in [5, 5.41) is 0. The molecule has 102 valence electrons. The molecule has 1 rings (SSSR count). The fourth-order valence-corrected chi connectivity index (χ4v) is 2.27. The quantitative estimate of drug-likeness (QED) is 0.698. The Morgan fingerprint density at radius 3 is 2.56 bits per heavy atom. The Labute approximate surface area is 116 Å². The molecule has 0 aliphatic rings. The summed E-state index contributed by atoms with van der Waals surface area (Å²) in [6, 6.07) is 6.45. The van der Waals surface area contributed by atoms with Gasteiger partial charge in [0.2, 0.25) is 0 Å². The molecule has 0 N–H and O–H groups in total. The molecular formula is C15H24ClNO. The van der Waals surface area contributed by atoms with Crippen LogP contribution in [0.5, 0.6) is 0 Å². The van der Waals surface area contributed by atoms with Gasteiger partial charge in [0.05, 0.1) is 6.61 Å². The SMILES string of the molecule is COCCN(CC(C)C)c1ccc(CCl)cc1C. The van der Waals surface area contributed by atoms with Gasteiger partial charge in [0, 0.05) is 31.8 Å². The first-order valence-electron chi connectivity index (χ1n) is 6.47. The molecule has 0 bridgehead atoms. The van der Waals surface area contributed by atoms with Crippen molar-refractivity contribution < 1.29 is 4.74 Å². The first-order valence-corrected chi connectivity index (χ1v) is 7.01. The summed E-state index contributed by atoms with van der Waals surface area (Å²) in [6.45, 7) is 9.35. The first-order chi connectivity index (χ1) is 8.58. The van der Waals surface area contributed by atoms with Crippen molar-refractivity contribution in [2.75, 3.05) is 31.7 Å². The Kier molecular flexibility index (Phi) is 6.51. The van der Waals surface area contributed by atoms with E-state index in [1.807, 2.05) is 0 Å². The molecule has 3 heteroatoms. The van der Waals surface area contributed by atoms with E-state index in [2.05, 4.69) is 43.9 Å². The number of ether oxygens (including phenoxy) is 1. The van der Waals surface area contributed by atoms with E-state index in [0.29, 0.717) is 11.8 Å². The smallest absolute Gasteiger partial charge is 0.0637 e. The number of anilines is 1. The van der Waals surface area contributed by atoms with Gasteiger partial charge in [-0.3, -0.25) is 0 Å². The summed E-state index contributed by atoms with van der Waals surface area (Å²) in [6.07, 6.45) is 0. The lowest BCUT2D eigenvalue weighted by Gasteiger charge is -2.28. The lowest BCUT2D eigenvalue weighted by molar-refractivity contribution is 0.204. The molecule has 0 radical (unpaired) electrons. The van der Waals surface area contributed by atoms with E-state index in [1.54, 1.807) is 7.11 Å². The van der Waals surface area contributed by atoms with Crippen molar-refractivity contribution in [3.63, 3.8) is 0 Å². The average molecular weight is 270 g/mol. The predicted octanol–water partition coefficient (Wildman–Crippen LogP) is 3.84. The van der Waals surface area contributed by atoms with Crippen LogP contribution in [0, 0.1) is 12.8 Å². The summed E-state index contributed by atoms with van der Waals surface area (Å²) in [5.41, 5.74) is 3.74. The Morgan fingerprint density at radius 1 is 1.33 bits per heavy atom. The highest BCUT2D eigenvalue weighted by Gasteiger charge is 2.11. The van der Waals surface area contributed by atoms with Crippen molar-refractivity contribution >= 4 is 17.3 Å². The normalized spacial score (nSPS) is 11.0. The Hall–Kier alpha value is -0.730. The van der Waals surface area contributed by atoms with Gasteiger partial charge in [0.1, 0.15) is 0 Å². The molecule has 0 amide bonds. The van der Waals surface area contributed by atoms with Crippen molar-refractivity contribution in [3.8, 4) is 0 Å². The second-order valence-corrected chi connectivity index (χ2v) is 5.35. The summed E-state index contributed by atoms with van der Waals surface area (Å²) >= 11 is 5.87. The molecule has 0 fully saturated rings. The fraction of sp³-hybridized carbons (Fsp3) is 0.600. The molecule has 2 nitrogen and oxygen atoms in total. The van der Waals surface area contributed by atoms with Gasteiger partial charge in [-0.15, -0.1) is 11.6 Å². The molecule has 0 aromatic heterocycles. The third kappa shape index (κ3) is 4.51. The van der Waals surface area contributed by atoms with Crippen LogP contribution < -0.4 is 4.90 Å². The first kappa shape index (κ1) is 15.3. The van der Waals surface area contributed by atoms with Crippen LogP contribution in [0.4, 0.5) is 5.69 Å². The maximum absolute atomic E-state index is 5.87. The molecule has 18 heavy (non-hydrogen) atoms. The van der Waals surface area contributed by atoms with E-state index in [1.165, 1.54) is 16.8 Å². The van der Waals surface area contributed by atoms with E-state index in [9.17, 15) is 0 Å². The van der Waals surface area contributed by atoms with Crippen LogP contribution >= 0.6 is 11.6 Å². The molecular weight excluding hydrogens is 246 g/mol. The Balaban J connectivity index is 2.89. The molecule has 0 unspecified atom stereocenters. The van der Waals surface area contributed by atoms with Gasteiger partial charge in [-0.2, -0.15) is 0 Å². The van der Waals surface area contributed by atoms with Crippen molar-refractivity contribution in [1.29, 1.82) is 0 Å². The average Bonchev–Trinajstić information content (AvgIpc) is 2.34. The second kappa shape index (κ2) is 7.65. The lowest BCUT2D eigenvalue weighted by atomic mass is 10.1. The lowest BCUT2D eigenvalue weighted by Crippen LogP contribution is -2.31. The summed E-state index contributed by atoms with van der Waals surface area (Å²) < 4.78 is 5.20. The maximum Gasteiger partial charge on any atom is 0.0637 e. The number of rotatable bonds is 7. The van der Waals surface area contributed by atoms with Crippen molar-refractivity contribution in [3.05, 3.63) is 29.3 Å². The van der Waals surface area contributed by atoms with Gasteiger partial charge in [-0.05, 0) is 30.0 Å². The zero-order chi connectivity index (χ0) is 13.5. The third-order valence-corrected chi connectivity index (χ3v) is 3.22. The highest BCUT2D eigenvalue weighted by atomic mass is 35.5.